The van der Waals surface area contributed by atoms with Gasteiger partial charge in [0.25, 0.3) is 0 Å². The smallest absolute Gasteiger partial charge is 0.0636 e. The zero-order valence-corrected chi connectivity index (χ0v) is 9.73. The molecule has 1 heteroatoms. The minimum absolute atomic E-state index is 0.0878. The first-order chi connectivity index (χ1) is 7.86. The molecule has 0 bridgehead atoms. The van der Waals surface area contributed by atoms with Crippen molar-refractivity contribution >= 4 is 0 Å². The van der Waals surface area contributed by atoms with E-state index in [2.05, 4.69) is 24.3 Å². The SMILES string of the molecule is OC(C1CCC1)C1CCCc2ccccc21. The van der Waals surface area contributed by atoms with Crippen molar-refractivity contribution in [3.8, 4) is 0 Å². The molecule has 1 aromatic carbocycles. The molecule has 0 aromatic heterocycles. The summed E-state index contributed by atoms with van der Waals surface area (Å²) >= 11 is 0. The summed E-state index contributed by atoms with van der Waals surface area (Å²) in [7, 11) is 0. The molecular formula is C15H20O. The Morgan fingerprint density at radius 1 is 1.06 bits per heavy atom. The van der Waals surface area contributed by atoms with Crippen LogP contribution >= 0.6 is 0 Å². The second-order valence-electron chi connectivity index (χ2n) is 5.38. The average molecular weight is 216 g/mol. The lowest BCUT2D eigenvalue weighted by atomic mass is 9.70. The van der Waals surface area contributed by atoms with Gasteiger partial charge in [0.05, 0.1) is 6.10 Å². The second-order valence-corrected chi connectivity index (χ2v) is 5.38. The highest BCUT2D eigenvalue weighted by Crippen LogP contribution is 2.41. The van der Waals surface area contributed by atoms with Gasteiger partial charge in [-0.15, -0.1) is 0 Å². The number of rotatable bonds is 2. The molecule has 0 aliphatic heterocycles. The largest absolute Gasteiger partial charge is 0.392 e. The molecule has 2 aliphatic rings. The molecular weight excluding hydrogens is 196 g/mol. The van der Waals surface area contributed by atoms with Gasteiger partial charge in [-0.2, -0.15) is 0 Å². The van der Waals surface area contributed by atoms with Gasteiger partial charge in [-0.25, -0.2) is 0 Å². The van der Waals surface area contributed by atoms with Gasteiger partial charge in [-0.05, 0) is 49.1 Å². The second kappa shape index (κ2) is 4.21. The van der Waals surface area contributed by atoms with E-state index in [0.29, 0.717) is 11.8 Å². The summed E-state index contributed by atoms with van der Waals surface area (Å²) < 4.78 is 0. The topological polar surface area (TPSA) is 20.2 Å². The molecule has 86 valence electrons. The number of aliphatic hydroxyl groups excluding tert-OH is 1. The van der Waals surface area contributed by atoms with Crippen molar-refractivity contribution in [1.82, 2.24) is 0 Å². The maximum atomic E-state index is 10.4. The van der Waals surface area contributed by atoms with Crippen LogP contribution in [0.5, 0.6) is 0 Å². The van der Waals surface area contributed by atoms with E-state index in [4.69, 9.17) is 0 Å². The first-order valence-electron chi connectivity index (χ1n) is 6.62. The lowest BCUT2D eigenvalue weighted by Gasteiger charge is -2.38. The van der Waals surface area contributed by atoms with Crippen molar-refractivity contribution < 1.29 is 5.11 Å². The summed E-state index contributed by atoms with van der Waals surface area (Å²) in [4.78, 5) is 0. The minimum atomic E-state index is -0.0878. The molecule has 16 heavy (non-hydrogen) atoms. The summed E-state index contributed by atoms with van der Waals surface area (Å²) in [6.45, 7) is 0. The lowest BCUT2D eigenvalue weighted by Crippen LogP contribution is -2.33. The fourth-order valence-corrected chi connectivity index (χ4v) is 3.26. The molecule has 1 saturated carbocycles. The Morgan fingerprint density at radius 2 is 1.88 bits per heavy atom. The summed E-state index contributed by atoms with van der Waals surface area (Å²) in [6, 6.07) is 8.69. The van der Waals surface area contributed by atoms with Gasteiger partial charge < -0.3 is 5.11 Å². The molecule has 3 rings (SSSR count). The highest BCUT2D eigenvalue weighted by Gasteiger charge is 2.34. The van der Waals surface area contributed by atoms with E-state index >= 15 is 0 Å². The molecule has 0 spiro atoms. The molecule has 1 fully saturated rings. The van der Waals surface area contributed by atoms with Gasteiger partial charge in [-0.3, -0.25) is 0 Å². The number of hydrogen-bond donors (Lipinski definition) is 1. The normalized spacial score (nSPS) is 26.9. The number of aliphatic hydroxyl groups is 1. The van der Waals surface area contributed by atoms with Crippen molar-refractivity contribution in [2.45, 2.75) is 50.5 Å². The van der Waals surface area contributed by atoms with Crippen molar-refractivity contribution in [3.63, 3.8) is 0 Å². The maximum Gasteiger partial charge on any atom is 0.0636 e. The van der Waals surface area contributed by atoms with E-state index < -0.39 is 0 Å². The molecule has 2 aliphatic carbocycles. The fourth-order valence-electron chi connectivity index (χ4n) is 3.26. The molecule has 2 atom stereocenters. The van der Waals surface area contributed by atoms with Crippen LogP contribution in [0.4, 0.5) is 0 Å². The van der Waals surface area contributed by atoms with Crippen molar-refractivity contribution in [3.05, 3.63) is 35.4 Å². The number of fused-ring (bicyclic) bond motifs is 1. The molecule has 0 amide bonds. The fraction of sp³-hybridized carbons (Fsp3) is 0.600. The summed E-state index contributed by atoms with van der Waals surface area (Å²) in [5.74, 6) is 0.992. The molecule has 1 aromatic rings. The number of benzene rings is 1. The van der Waals surface area contributed by atoms with E-state index in [1.807, 2.05) is 0 Å². The van der Waals surface area contributed by atoms with Crippen LogP contribution < -0.4 is 0 Å². The Kier molecular flexibility index (Phi) is 2.72. The third-order valence-electron chi connectivity index (χ3n) is 4.46. The van der Waals surface area contributed by atoms with Crippen LogP contribution in [0.25, 0.3) is 0 Å². The predicted molar refractivity (Wildman–Crippen MR) is 65.5 cm³/mol. The third kappa shape index (κ3) is 1.67. The van der Waals surface area contributed by atoms with Gasteiger partial charge in [-0.1, -0.05) is 30.7 Å². The molecule has 0 saturated heterocycles. The van der Waals surface area contributed by atoms with Crippen molar-refractivity contribution in [1.29, 1.82) is 0 Å². The van der Waals surface area contributed by atoms with Gasteiger partial charge in [0.2, 0.25) is 0 Å². The molecule has 1 nitrogen and oxygen atoms in total. The van der Waals surface area contributed by atoms with E-state index in [1.54, 1.807) is 0 Å². The van der Waals surface area contributed by atoms with Gasteiger partial charge >= 0.3 is 0 Å². The Morgan fingerprint density at radius 3 is 2.62 bits per heavy atom. The Bertz CT molecular complexity index is 367. The Labute approximate surface area is 97.5 Å². The van der Waals surface area contributed by atoms with E-state index in [9.17, 15) is 5.11 Å². The quantitative estimate of drug-likeness (QED) is 0.804. The lowest BCUT2D eigenvalue weighted by molar-refractivity contribution is 0.0352. The van der Waals surface area contributed by atoms with Crippen molar-refractivity contribution in [2.24, 2.45) is 5.92 Å². The van der Waals surface area contributed by atoms with Gasteiger partial charge in [0.15, 0.2) is 0 Å². The van der Waals surface area contributed by atoms with Crippen LogP contribution in [0, 0.1) is 5.92 Å². The Balaban J connectivity index is 1.86. The van der Waals surface area contributed by atoms with Crippen LogP contribution in [0.1, 0.15) is 49.1 Å². The average Bonchev–Trinajstić information content (AvgIpc) is 2.26. The summed E-state index contributed by atoms with van der Waals surface area (Å²) in [5.41, 5.74) is 2.89. The first-order valence-corrected chi connectivity index (χ1v) is 6.62. The molecule has 2 unspecified atom stereocenters. The highest BCUT2D eigenvalue weighted by atomic mass is 16.3. The third-order valence-corrected chi connectivity index (χ3v) is 4.46. The highest BCUT2D eigenvalue weighted by molar-refractivity contribution is 5.33. The van der Waals surface area contributed by atoms with Crippen LogP contribution in [-0.2, 0) is 6.42 Å². The van der Waals surface area contributed by atoms with Crippen LogP contribution in [0.15, 0.2) is 24.3 Å². The number of hydrogen-bond acceptors (Lipinski definition) is 1. The summed E-state index contributed by atoms with van der Waals surface area (Å²) in [5, 5.41) is 10.4. The van der Waals surface area contributed by atoms with Crippen LogP contribution in [0.3, 0.4) is 0 Å². The molecule has 1 N–H and O–H groups in total. The zero-order valence-electron chi connectivity index (χ0n) is 9.73. The van der Waals surface area contributed by atoms with Crippen molar-refractivity contribution in [2.75, 3.05) is 0 Å². The molecule has 0 heterocycles. The van der Waals surface area contributed by atoms with Gasteiger partial charge in [0, 0.05) is 5.92 Å². The van der Waals surface area contributed by atoms with Crippen LogP contribution in [0.2, 0.25) is 0 Å². The maximum absolute atomic E-state index is 10.4. The van der Waals surface area contributed by atoms with E-state index in [1.165, 1.54) is 49.7 Å². The predicted octanol–water partition coefficient (Wildman–Crippen LogP) is 3.27. The molecule has 0 radical (unpaired) electrons. The van der Waals surface area contributed by atoms with Crippen LogP contribution in [-0.4, -0.2) is 11.2 Å². The minimum Gasteiger partial charge on any atom is -0.392 e. The zero-order chi connectivity index (χ0) is 11.0. The van der Waals surface area contributed by atoms with Gasteiger partial charge in [0.1, 0.15) is 0 Å². The van der Waals surface area contributed by atoms with E-state index in [0.717, 1.165) is 0 Å². The first kappa shape index (κ1) is 10.3. The number of aryl methyl sites for hydroxylation is 1. The monoisotopic (exact) mass is 216 g/mol. The van der Waals surface area contributed by atoms with E-state index in [-0.39, 0.29) is 6.10 Å². The Hall–Kier alpha value is -0.820. The summed E-state index contributed by atoms with van der Waals surface area (Å²) in [6.07, 6.45) is 7.31. The standard InChI is InChI=1S/C15H20O/c16-15(12-7-3-8-12)14-10-4-6-11-5-1-2-9-13(11)14/h1-2,5,9,12,14-16H,3-4,6-8,10H2.